The van der Waals surface area contributed by atoms with E-state index in [1.807, 2.05) is 20.8 Å². The summed E-state index contributed by atoms with van der Waals surface area (Å²) in [6.07, 6.45) is 0.887. The first-order valence-electron chi connectivity index (χ1n) is 6.78. The third kappa shape index (κ3) is 2.59. The minimum absolute atomic E-state index is 0.109. The fraction of sp³-hybridized carbons (Fsp3) is 0.312. The maximum absolute atomic E-state index is 13.9. The molecule has 2 aromatic rings. The highest BCUT2D eigenvalue weighted by Gasteiger charge is 2.17. The van der Waals surface area contributed by atoms with Gasteiger partial charge in [0.1, 0.15) is 5.82 Å². The van der Waals surface area contributed by atoms with Gasteiger partial charge in [-0.1, -0.05) is 19.1 Å². The molecule has 1 amide bonds. The average Bonchev–Trinajstić information content (AvgIpc) is 2.72. The van der Waals surface area contributed by atoms with Crippen molar-refractivity contribution in [2.24, 2.45) is 0 Å². The first-order valence-corrected chi connectivity index (χ1v) is 6.78. The lowest BCUT2D eigenvalue weighted by molar-refractivity contribution is 0.0953. The molecule has 0 fully saturated rings. The summed E-state index contributed by atoms with van der Waals surface area (Å²) in [4.78, 5) is 12.1. The number of amides is 1. The molecule has 0 unspecified atom stereocenters. The van der Waals surface area contributed by atoms with Gasteiger partial charge in [-0.15, -0.1) is 0 Å². The molecule has 0 atom stereocenters. The third-order valence-corrected chi connectivity index (χ3v) is 3.30. The van der Waals surface area contributed by atoms with Crippen LogP contribution in [0.1, 0.15) is 35.1 Å². The van der Waals surface area contributed by atoms with Crippen LogP contribution >= 0.6 is 0 Å². The van der Waals surface area contributed by atoms with Gasteiger partial charge < -0.3 is 9.88 Å². The maximum atomic E-state index is 13.9. The second-order valence-corrected chi connectivity index (χ2v) is 4.83. The monoisotopic (exact) mass is 274 g/mol. The second-order valence-electron chi connectivity index (χ2n) is 4.83. The van der Waals surface area contributed by atoms with Gasteiger partial charge in [0.15, 0.2) is 0 Å². The number of para-hydroxylation sites is 1. The van der Waals surface area contributed by atoms with E-state index >= 15 is 0 Å². The Hall–Kier alpha value is -2.10. The Bertz CT molecular complexity index is 631. The van der Waals surface area contributed by atoms with E-state index < -0.39 is 0 Å². The molecule has 1 heterocycles. The van der Waals surface area contributed by atoms with E-state index in [-0.39, 0.29) is 11.7 Å². The highest BCUT2D eigenvalue weighted by molar-refractivity contribution is 5.95. The summed E-state index contributed by atoms with van der Waals surface area (Å²) in [5, 5.41) is 2.85. The first kappa shape index (κ1) is 14.3. The Labute approximate surface area is 118 Å². The molecule has 106 valence electrons. The molecule has 0 aliphatic rings. The van der Waals surface area contributed by atoms with Gasteiger partial charge in [0.05, 0.1) is 11.3 Å². The Balaban J connectivity index is 2.45. The number of nitrogens with zero attached hydrogens (tertiary/aromatic N) is 1. The molecule has 1 aromatic carbocycles. The van der Waals surface area contributed by atoms with Gasteiger partial charge in [-0.3, -0.25) is 4.79 Å². The van der Waals surface area contributed by atoms with E-state index in [1.165, 1.54) is 6.07 Å². The molecule has 0 saturated heterocycles. The van der Waals surface area contributed by atoms with Crippen molar-refractivity contribution >= 4 is 5.91 Å². The molecular formula is C16H19FN2O. The summed E-state index contributed by atoms with van der Waals surface area (Å²) in [5.41, 5.74) is 2.66. The Kier molecular flexibility index (Phi) is 4.23. The average molecular weight is 274 g/mol. The second kappa shape index (κ2) is 5.90. The molecule has 20 heavy (non-hydrogen) atoms. The molecule has 2 rings (SSSR count). The molecule has 1 aromatic heterocycles. The number of aryl methyl sites for hydroxylation is 1. The summed E-state index contributed by atoms with van der Waals surface area (Å²) in [7, 11) is 0. The van der Waals surface area contributed by atoms with Crippen molar-refractivity contribution in [3.05, 3.63) is 53.1 Å². The number of carbonyl (C=O) groups excluding carboxylic acids is 1. The fourth-order valence-electron chi connectivity index (χ4n) is 2.33. The lowest BCUT2D eigenvalue weighted by Crippen LogP contribution is -2.24. The van der Waals surface area contributed by atoms with Crippen molar-refractivity contribution < 1.29 is 9.18 Å². The predicted octanol–water partition coefficient (Wildman–Crippen LogP) is 3.37. The molecule has 0 spiro atoms. The molecule has 3 nitrogen and oxygen atoms in total. The van der Waals surface area contributed by atoms with Crippen LogP contribution in [0.3, 0.4) is 0 Å². The Morgan fingerprint density at radius 2 is 2.00 bits per heavy atom. The molecule has 0 aliphatic carbocycles. The highest BCUT2D eigenvalue weighted by atomic mass is 19.1. The van der Waals surface area contributed by atoms with Crippen LogP contribution in [-0.2, 0) is 0 Å². The molecule has 4 heteroatoms. The zero-order valence-electron chi connectivity index (χ0n) is 12.0. The van der Waals surface area contributed by atoms with Crippen LogP contribution in [0, 0.1) is 19.7 Å². The van der Waals surface area contributed by atoms with E-state index in [0.717, 1.165) is 17.8 Å². The molecule has 0 radical (unpaired) electrons. The highest BCUT2D eigenvalue weighted by Crippen LogP contribution is 2.22. The van der Waals surface area contributed by atoms with Crippen LogP contribution in [0.5, 0.6) is 0 Å². The summed E-state index contributed by atoms with van der Waals surface area (Å²) < 4.78 is 15.7. The lowest BCUT2D eigenvalue weighted by Gasteiger charge is -2.11. The predicted molar refractivity (Wildman–Crippen MR) is 77.8 cm³/mol. The van der Waals surface area contributed by atoms with Crippen LogP contribution in [0.2, 0.25) is 0 Å². The van der Waals surface area contributed by atoms with Crippen LogP contribution in [0.25, 0.3) is 5.69 Å². The van der Waals surface area contributed by atoms with Crippen molar-refractivity contribution in [3.8, 4) is 5.69 Å². The van der Waals surface area contributed by atoms with Gasteiger partial charge in [0.25, 0.3) is 5.91 Å². The van der Waals surface area contributed by atoms with Crippen molar-refractivity contribution in [1.82, 2.24) is 9.88 Å². The normalized spacial score (nSPS) is 10.6. The van der Waals surface area contributed by atoms with E-state index in [0.29, 0.717) is 17.8 Å². The van der Waals surface area contributed by atoms with E-state index in [1.54, 1.807) is 28.8 Å². The topological polar surface area (TPSA) is 34.0 Å². The van der Waals surface area contributed by atoms with Crippen molar-refractivity contribution in [2.45, 2.75) is 27.2 Å². The third-order valence-electron chi connectivity index (χ3n) is 3.30. The van der Waals surface area contributed by atoms with E-state index in [4.69, 9.17) is 0 Å². The van der Waals surface area contributed by atoms with Crippen LogP contribution in [-0.4, -0.2) is 17.0 Å². The SMILES string of the molecule is CCCNC(=O)c1cc(C)n(-c2ccccc2F)c1C. The fourth-order valence-corrected chi connectivity index (χ4v) is 2.33. The Morgan fingerprint density at radius 1 is 1.30 bits per heavy atom. The van der Waals surface area contributed by atoms with Crippen LogP contribution in [0.4, 0.5) is 4.39 Å². The van der Waals surface area contributed by atoms with Gasteiger partial charge >= 0.3 is 0 Å². The Morgan fingerprint density at radius 3 is 2.65 bits per heavy atom. The standard InChI is InChI=1S/C16H19FN2O/c1-4-9-18-16(20)13-10-11(2)19(12(13)3)15-8-6-5-7-14(15)17/h5-8,10H,4,9H2,1-3H3,(H,18,20). The summed E-state index contributed by atoms with van der Waals surface area (Å²) in [6, 6.07) is 8.37. The van der Waals surface area contributed by atoms with Gasteiger partial charge in [0, 0.05) is 17.9 Å². The van der Waals surface area contributed by atoms with E-state index in [9.17, 15) is 9.18 Å². The molecule has 0 bridgehead atoms. The van der Waals surface area contributed by atoms with Gasteiger partial charge in [-0.2, -0.15) is 0 Å². The van der Waals surface area contributed by atoms with Gasteiger partial charge in [-0.05, 0) is 38.5 Å². The number of hydrogen-bond donors (Lipinski definition) is 1. The maximum Gasteiger partial charge on any atom is 0.253 e. The lowest BCUT2D eigenvalue weighted by atomic mass is 10.2. The molecule has 0 saturated carbocycles. The van der Waals surface area contributed by atoms with Crippen molar-refractivity contribution in [1.29, 1.82) is 0 Å². The molecule has 1 N–H and O–H groups in total. The number of carbonyl (C=O) groups is 1. The van der Waals surface area contributed by atoms with Gasteiger partial charge in [-0.25, -0.2) is 4.39 Å². The van der Waals surface area contributed by atoms with Gasteiger partial charge in [0.2, 0.25) is 0 Å². The minimum atomic E-state index is -0.296. The van der Waals surface area contributed by atoms with Crippen molar-refractivity contribution in [2.75, 3.05) is 6.54 Å². The summed E-state index contributed by atoms with van der Waals surface area (Å²) >= 11 is 0. The zero-order valence-corrected chi connectivity index (χ0v) is 12.0. The smallest absolute Gasteiger partial charge is 0.253 e. The molecule has 0 aliphatic heterocycles. The molecular weight excluding hydrogens is 255 g/mol. The van der Waals surface area contributed by atoms with Crippen molar-refractivity contribution in [3.63, 3.8) is 0 Å². The first-order chi connectivity index (χ1) is 9.56. The number of nitrogens with one attached hydrogen (secondary N) is 1. The number of aromatic nitrogens is 1. The van der Waals surface area contributed by atoms with Crippen LogP contribution < -0.4 is 5.32 Å². The van der Waals surface area contributed by atoms with Crippen LogP contribution in [0.15, 0.2) is 30.3 Å². The number of benzene rings is 1. The minimum Gasteiger partial charge on any atom is -0.352 e. The van der Waals surface area contributed by atoms with E-state index in [2.05, 4.69) is 5.32 Å². The number of rotatable bonds is 4. The summed E-state index contributed by atoms with van der Waals surface area (Å²) in [5.74, 6) is -0.405. The zero-order chi connectivity index (χ0) is 14.7. The largest absolute Gasteiger partial charge is 0.352 e. The summed E-state index contributed by atoms with van der Waals surface area (Å²) in [6.45, 7) is 6.35. The number of halogens is 1. The quantitative estimate of drug-likeness (QED) is 0.911. The number of hydrogen-bond acceptors (Lipinski definition) is 1.